The number of thiazole rings is 1. The summed E-state index contributed by atoms with van der Waals surface area (Å²) in [6.07, 6.45) is 4.69. The van der Waals surface area contributed by atoms with Crippen molar-refractivity contribution in [1.29, 1.82) is 0 Å². The summed E-state index contributed by atoms with van der Waals surface area (Å²) in [7, 11) is 0. The van der Waals surface area contributed by atoms with E-state index in [1.165, 1.54) is 16.9 Å². The van der Waals surface area contributed by atoms with Gasteiger partial charge >= 0.3 is 0 Å². The molecule has 2 N–H and O–H groups in total. The molecule has 0 atom stereocenters. The van der Waals surface area contributed by atoms with Gasteiger partial charge < -0.3 is 10.6 Å². The van der Waals surface area contributed by atoms with E-state index in [9.17, 15) is 9.18 Å². The van der Waals surface area contributed by atoms with Crippen molar-refractivity contribution in [3.05, 3.63) is 46.5 Å². The molecule has 1 aromatic heterocycles. The number of halogens is 1. The molecule has 2 aromatic rings. The molecule has 1 aliphatic heterocycles. The molecule has 1 fully saturated rings. The van der Waals surface area contributed by atoms with E-state index in [2.05, 4.69) is 16.0 Å². The fourth-order valence-electron chi connectivity index (χ4n) is 3.03. The van der Waals surface area contributed by atoms with E-state index in [4.69, 9.17) is 5.73 Å². The summed E-state index contributed by atoms with van der Waals surface area (Å²) in [5, 5.41) is 0.872. The summed E-state index contributed by atoms with van der Waals surface area (Å²) in [5.74, 6) is 0.188. The van der Waals surface area contributed by atoms with Crippen molar-refractivity contribution in [1.82, 2.24) is 4.98 Å². The number of carbonyl (C=O) groups excluding carboxylic acids is 1. The number of nitrogens with two attached hydrogens (primary N) is 1. The standard InChI is InChI=1S/C17H20FN3OS/c18-10-14-3-1-2-13(9-14)8-12-4-6-21(7-5-12)17-20-11-15(23-17)16(19)22/h1-3,9,11-12H,4-8,10H2,(H2,19,22). The Balaban J connectivity index is 1.56. The van der Waals surface area contributed by atoms with Gasteiger partial charge in [0.05, 0.1) is 6.20 Å². The summed E-state index contributed by atoms with van der Waals surface area (Å²) in [4.78, 5) is 18.2. The Bertz CT molecular complexity index is 680. The molecule has 23 heavy (non-hydrogen) atoms. The quantitative estimate of drug-likeness (QED) is 0.914. The molecular formula is C17H20FN3OS. The molecule has 3 rings (SSSR count). The van der Waals surface area contributed by atoms with Crippen LogP contribution in [0.2, 0.25) is 0 Å². The number of hydrogen-bond acceptors (Lipinski definition) is 4. The average molecular weight is 333 g/mol. The smallest absolute Gasteiger partial charge is 0.260 e. The van der Waals surface area contributed by atoms with Crippen LogP contribution in [-0.4, -0.2) is 24.0 Å². The van der Waals surface area contributed by atoms with Crippen LogP contribution in [0.25, 0.3) is 0 Å². The first-order valence-corrected chi connectivity index (χ1v) is 8.61. The van der Waals surface area contributed by atoms with Gasteiger partial charge in [0.2, 0.25) is 0 Å². The highest BCUT2D eigenvalue weighted by Crippen LogP contribution is 2.28. The molecule has 0 bridgehead atoms. The Hall–Kier alpha value is -1.95. The lowest BCUT2D eigenvalue weighted by molar-refractivity contribution is 0.100. The van der Waals surface area contributed by atoms with Crippen molar-refractivity contribution < 1.29 is 9.18 Å². The topological polar surface area (TPSA) is 59.2 Å². The maximum atomic E-state index is 12.7. The summed E-state index contributed by atoms with van der Waals surface area (Å²) in [6, 6.07) is 7.79. The van der Waals surface area contributed by atoms with Crippen LogP contribution in [0.5, 0.6) is 0 Å². The van der Waals surface area contributed by atoms with Crippen molar-refractivity contribution in [2.45, 2.75) is 25.9 Å². The summed E-state index contributed by atoms with van der Waals surface area (Å²) >= 11 is 1.36. The van der Waals surface area contributed by atoms with Crippen LogP contribution < -0.4 is 10.6 Å². The second kappa shape index (κ2) is 7.08. The maximum absolute atomic E-state index is 12.7. The van der Waals surface area contributed by atoms with Crippen LogP contribution in [0.1, 0.15) is 33.6 Å². The largest absolute Gasteiger partial charge is 0.365 e. The molecule has 0 spiro atoms. The van der Waals surface area contributed by atoms with Gasteiger partial charge in [-0.3, -0.25) is 4.79 Å². The first kappa shape index (κ1) is 15.9. The van der Waals surface area contributed by atoms with E-state index in [1.807, 2.05) is 18.2 Å². The monoisotopic (exact) mass is 333 g/mol. The van der Waals surface area contributed by atoms with E-state index in [1.54, 1.807) is 6.20 Å². The van der Waals surface area contributed by atoms with E-state index >= 15 is 0 Å². The van der Waals surface area contributed by atoms with Crippen LogP contribution >= 0.6 is 11.3 Å². The number of alkyl halides is 1. The molecule has 1 aromatic carbocycles. The minimum Gasteiger partial charge on any atom is -0.365 e. The predicted octanol–water partition coefficient (Wildman–Crippen LogP) is 3.17. The number of piperidine rings is 1. The van der Waals surface area contributed by atoms with Gasteiger partial charge in [-0.1, -0.05) is 35.6 Å². The van der Waals surface area contributed by atoms with Crippen molar-refractivity contribution in [2.24, 2.45) is 11.7 Å². The summed E-state index contributed by atoms with van der Waals surface area (Å²) in [5.41, 5.74) is 7.24. The number of aromatic nitrogens is 1. The van der Waals surface area contributed by atoms with Gasteiger partial charge in [0.25, 0.3) is 5.91 Å². The molecule has 1 aliphatic rings. The fraction of sp³-hybridized carbons (Fsp3) is 0.412. The van der Waals surface area contributed by atoms with Gasteiger partial charge in [0, 0.05) is 13.1 Å². The molecule has 1 amide bonds. The molecule has 1 saturated heterocycles. The van der Waals surface area contributed by atoms with Gasteiger partial charge in [-0.2, -0.15) is 0 Å². The lowest BCUT2D eigenvalue weighted by Crippen LogP contribution is -2.34. The first-order valence-electron chi connectivity index (χ1n) is 7.80. The minimum atomic E-state index is -0.420. The number of primary amides is 1. The number of carbonyl (C=O) groups is 1. The molecule has 0 aliphatic carbocycles. The first-order chi connectivity index (χ1) is 11.2. The average Bonchev–Trinajstić information content (AvgIpc) is 3.06. The Kier molecular flexibility index (Phi) is 4.91. The zero-order valence-corrected chi connectivity index (χ0v) is 13.7. The highest BCUT2D eigenvalue weighted by atomic mass is 32.1. The van der Waals surface area contributed by atoms with Crippen LogP contribution in [0.15, 0.2) is 30.5 Å². The van der Waals surface area contributed by atoms with E-state index in [0.717, 1.165) is 43.0 Å². The second-order valence-electron chi connectivity index (χ2n) is 5.96. The van der Waals surface area contributed by atoms with Crippen LogP contribution in [0.4, 0.5) is 9.52 Å². The molecular weight excluding hydrogens is 313 g/mol. The number of anilines is 1. The molecule has 6 heteroatoms. The number of benzene rings is 1. The molecule has 0 unspecified atom stereocenters. The highest BCUT2D eigenvalue weighted by molar-refractivity contribution is 7.17. The number of rotatable bonds is 5. The third kappa shape index (κ3) is 3.88. The van der Waals surface area contributed by atoms with E-state index < -0.39 is 12.6 Å². The number of hydrogen-bond donors (Lipinski definition) is 1. The molecule has 122 valence electrons. The molecule has 4 nitrogen and oxygen atoms in total. The molecule has 0 saturated carbocycles. The Morgan fingerprint density at radius 1 is 1.35 bits per heavy atom. The highest BCUT2D eigenvalue weighted by Gasteiger charge is 2.22. The van der Waals surface area contributed by atoms with Gasteiger partial charge in [0.15, 0.2) is 5.13 Å². The lowest BCUT2D eigenvalue weighted by Gasteiger charge is -2.31. The predicted molar refractivity (Wildman–Crippen MR) is 90.5 cm³/mol. The minimum absolute atomic E-state index is 0.404. The third-order valence-corrected chi connectivity index (χ3v) is 5.36. The van der Waals surface area contributed by atoms with E-state index in [0.29, 0.717) is 10.8 Å². The van der Waals surface area contributed by atoms with E-state index in [-0.39, 0.29) is 0 Å². The molecule has 2 heterocycles. The van der Waals surface area contributed by atoms with Crippen molar-refractivity contribution in [3.63, 3.8) is 0 Å². The van der Waals surface area contributed by atoms with Crippen LogP contribution in [0.3, 0.4) is 0 Å². The zero-order chi connectivity index (χ0) is 16.2. The summed E-state index contributed by atoms with van der Waals surface area (Å²) < 4.78 is 12.7. The van der Waals surface area contributed by atoms with Crippen molar-refractivity contribution in [3.8, 4) is 0 Å². The van der Waals surface area contributed by atoms with Crippen molar-refractivity contribution in [2.75, 3.05) is 18.0 Å². The Morgan fingerprint density at radius 2 is 2.09 bits per heavy atom. The van der Waals surface area contributed by atoms with Crippen LogP contribution in [-0.2, 0) is 13.1 Å². The van der Waals surface area contributed by atoms with Gasteiger partial charge in [-0.15, -0.1) is 0 Å². The SMILES string of the molecule is NC(=O)c1cnc(N2CCC(Cc3cccc(CF)c3)CC2)s1. The van der Waals surface area contributed by atoms with Crippen LogP contribution in [0, 0.1) is 5.92 Å². The maximum Gasteiger partial charge on any atom is 0.260 e. The second-order valence-corrected chi connectivity index (χ2v) is 6.97. The number of nitrogens with zero attached hydrogens (tertiary/aromatic N) is 2. The fourth-order valence-corrected chi connectivity index (χ4v) is 3.85. The van der Waals surface area contributed by atoms with Gasteiger partial charge in [0.1, 0.15) is 11.6 Å². The molecule has 0 radical (unpaired) electrons. The lowest BCUT2D eigenvalue weighted by atomic mass is 9.90. The van der Waals surface area contributed by atoms with Crippen molar-refractivity contribution >= 4 is 22.4 Å². The Labute approximate surface area is 139 Å². The number of amides is 1. The van der Waals surface area contributed by atoms with Gasteiger partial charge in [-0.05, 0) is 36.3 Å². The summed E-state index contributed by atoms with van der Waals surface area (Å²) in [6.45, 7) is 1.46. The zero-order valence-electron chi connectivity index (χ0n) is 12.9. The van der Waals surface area contributed by atoms with Gasteiger partial charge in [-0.25, -0.2) is 9.37 Å². The third-order valence-electron chi connectivity index (χ3n) is 4.29. The normalized spacial score (nSPS) is 15.8. The Morgan fingerprint density at radius 3 is 2.74 bits per heavy atom.